The summed E-state index contributed by atoms with van der Waals surface area (Å²) in [5, 5.41) is 0.700. The second-order valence-electron chi connectivity index (χ2n) is 7.14. The van der Waals surface area contributed by atoms with Crippen LogP contribution >= 0.6 is 11.6 Å². The van der Waals surface area contributed by atoms with E-state index in [0.29, 0.717) is 5.02 Å². The van der Waals surface area contributed by atoms with Crippen LogP contribution in [-0.4, -0.2) is 25.7 Å². The number of rotatable bonds is 6. The predicted molar refractivity (Wildman–Crippen MR) is 115 cm³/mol. The zero-order chi connectivity index (χ0) is 20.2. The SMILES string of the molecule is COc1cc2c(cc1OC)CN(Cc1cccc(Oc3ccc(Cl)cc3)c1)CC2. The van der Waals surface area contributed by atoms with Gasteiger partial charge in [0.1, 0.15) is 11.5 Å². The lowest BCUT2D eigenvalue weighted by atomic mass is 9.98. The Morgan fingerprint density at radius 2 is 1.59 bits per heavy atom. The van der Waals surface area contributed by atoms with Crippen LogP contribution in [0.25, 0.3) is 0 Å². The zero-order valence-corrected chi connectivity index (χ0v) is 17.4. The molecule has 0 aliphatic carbocycles. The molecule has 1 aliphatic heterocycles. The van der Waals surface area contributed by atoms with Crippen molar-refractivity contribution in [2.75, 3.05) is 20.8 Å². The molecule has 3 aromatic carbocycles. The van der Waals surface area contributed by atoms with E-state index >= 15 is 0 Å². The molecule has 1 heterocycles. The highest BCUT2D eigenvalue weighted by Crippen LogP contribution is 2.33. The average Bonchev–Trinajstić information content (AvgIpc) is 2.74. The molecule has 3 aromatic rings. The molecule has 4 nitrogen and oxygen atoms in total. The molecule has 0 atom stereocenters. The zero-order valence-electron chi connectivity index (χ0n) is 16.7. The van der Waals surface area contributed by atoms with E-state index in [9.17, 15) is 0 Å². The van der Waals surface area contributed by atoms with Crippen molar-refractivity contribution in [3.8, 4) is 23.0 Å². The maximum atomic E-state index is 5.97. The van der Waals surface area contributed by atoms with Gasteiger partial charge in [-0.25, -0.2) is 0 Å². The predicted octanol–water partition coefficient (Wildman–Crippen LogP) is 5.71. The molecule has 0 N–H and O–H groups in total. The van der Waals surface area contributed by atoms with Crippen LogP contribution in [0, 0.1) is 0 Å². The third kappa shape index (κ3) is 4.66. The van der Waals surface area contributed by atoms with Crippen molar-refractivity contribution in [3.63, 3.8) is 0 Å². The largest absolute Gasteiger partial charge is 0.493 e. The Balaban J connectivity index is 1.45. The molecule has 0 radical (unpaired) electrons. The summed E-state index contributed by atoms with van der Waals surface area (Å²) >= 11 is 5.94. The van der Waals surface area contributed by atoms with Gasteiger partial charge in [0.25, 0.3) is 0 Å². The Morgan fingerprint density at radius 3 is 2.31 bits per heavy atom. The van der Waals surface area contributed by atoms with E-state index in [4.69, 9.17) is 25.8 Å². The van der Waals surface area contributed by atoms with E-state index < -0.39 is 0 Å². The lowest BCUT2D eigenvalue weighted by Crippen LogP contribution is -2.30. The highest BCUT2D eigenvalue weighted by molar-refractivity contribution is 6.30. The summed E-state index contributed by atoms with van der Waals surface area (Å²) in [5.41, 5.74) is 3.85. The second kappa shape index (κ2) is 8.76. The monoisotopic (exact) mass is 409 g/mol. The number of fused-ring (bicyclic) bond motifs is 1. The van der Waals surface area contributed by atoms with Crippen LogP contribution in [0.3, 0.4) is 0 Å². The van der Waals surface area contributed by atoms with Gasteiger partial charge in [-0.05, 0) is 71.6 Å². The number of halogens is 1. The van der Waals surface area contributed by atoms with Crippen molar-refractivity contribution in [2.24, 2.45) is 0 Å². The van der Waals surface area contributed by atoms with E-state index in [-0.39, 0.29) is 0 Å². The highest BCUT2D eigenvalue weighted by Gasteiger charge is 2.19. The molecule has 0 spiro atoms. The van der Waals surface area contributed by atoms with E-state index in [0.717, 1.165) is 49.1 Å². The van der Waals surface area contributed by atoms with Crippen molar-refractivity contribution >= 4 is 11.6 Å². The number of ether oxygens (including phenoxy) is 3. The Kier molecular flexibility index (Phi) is 5.93. The lowest BCUT2D eigenvalue weighted by Gasteiger charge is -2.29. The molecular weight excluding hydrogens is 386 g/mol. The summed E-state index contributed by atoms with van der Waals surface area (Å²) in [6.07, 6.45) is 0.997. The Morgan fingerprint density at radius 1 is 0.862 bits per heavy atom. The number of benzene rings is 3. The summed E-state index contributed by atoms with van der Waals surface area (Å²) in [6, 6.07) is 19.8. The van der Waals surface area contributed by atoms with E-state index in [1.165, 1.54) is 16.7 Å². The van der Waals surface area contributed by atoms with Crippen LogP contribution in [0.2, 0.25) is 5.02 Å². The molecule has 150 valence electrons. The molecule has 4 rings (SSSR count). The van der Waals surface area contributed by atoms with Crippen molar-refractivity contribution < 1.29 is 14.2 Å². The molecule has 0 aromatic heterocycles. The molecule has 0 amide bonds. The normalized spacial score (nSPS) is 13.6. The molecule has 5 heteroatoms. The highest BCUT2D eigenvalue weighted by atomic mass is 35.5. The summed E-state index contributed by atoms with van der Waals surface area (Å²) in [5.74, 6) is 3.19. The second-order valence-corrected chi connectivity index (χ2v) is 7.58. The van der Waals surface area contributed by atoms with Gasteiger partial charge in [-0.3, -0.25) is 4.90 Å². The molecular formula is C24H24ClNO3. The van der Waals surface area contributed by atoms with Gasteiger partial charge in [0.2, 0.25) is 0 Å². The number of hydrogen-bond acceptors (Lipinski definition) is 4. The fraction of sp³-hybridized carbons (Fsp3) is 0.250. The van der Waals surface area contributed by atoms with Gasteiger partial charge in [-0.15, -0.1) is 0 Å². The molecule has 1 aliphatic rings. The van der Waals surface area contributed by atoms with Gasteiger partial charge in [0, 0.05) is 24.7 Å². The summed E-state index contributed by atoms with van der Waals surface area (Å²) in [4.78, 5) is 2.44. The van der Waals surface area contributed by atoms with Gasteiger partial charge >= 0.3 is 0 Å². The third-order valence-electron chi connectivity index (χ3n) is 5.15. The van der Waals surface area contributed by atoms with Crippen molar-refractivity contribution in [1.82, 2.24) is 4.90 Å². The molecule has 0 bridgehead atoms. The Labute approximate surface area is 176 Å². The fourth-order valence-electron chi connectivity index (χ4n) is 3.68. The number of hydrogen-bond donors (Lipinski definition) is 0. The average molecular weight is 410 g/mol. The van der Waals surface area contributed by atoms with E-state index in [1.807, 2.05) is 36.4 Å². The van der Waals surface area contributed by atoms with E-state index in [2.05, 4.69) is 29.2 Å². The van der Waals surface area contributed by atoms with Crippen molar-refractivity contribution in [2.45, 2.75) is 19.5 Å². The van der Waals surface area contributed by atoms with Crippen LogP contribution in [0.5, 0.6) is 23.0 Å². The smallest absolute Gasteiger partial charge is 0.161 e. The molecule has 0 saturated heterocycles. The number of methoxy groups -OCH3 is 2. The minimum absolute atomic E-state index is 0.700. The van der Waals surface area contributed by atoms with Gasteiger partial charge in [0.05, 0.1) is 14.2 Å². The topological polar surface area (TPSA) is 30.9 Å². The maximum Gasteiger partial charge on any atom is 0.161 e. The maximum absolute atomic E-state index is 5.97. The van der Waals surface area contributed by atoms with Crippen molar-refractivity contribution in [1.29, 1.82) is 0 Å². The van der Waals surface area contributed by atoms with Crippen LogP contribution in [-0.2, 0) is 19.5 Å². The van der Waals surface area contributed by atoms with Gasteiger partial charge in [-0.2, -0.15) is 0 Å². The fourth-order valence-corrected chi connectivity index (χ4v) is 3.81. The quantitative estimate of drug-likeness (QED) is 0.522. The minimum atomic E-state index is 0.700. The summed E-state index contributed by atoms with van der Waals surface area (Å²) in [6.45, 7) is 2.76. The van der Waals surface area contributed by atoms with Gasteiger partial charge < -0.3 is 14.2 Å². The minimum Gasteiger partial charge on any atom is -0.493 e. The summed E-state index contributed by atoms with van der Waals surface area (Å²) in [7, 11) is 3.36. The molecule has 0 unspecified atom stereocenters. The molecule has 29 heavy (non-hydrogen) atoms. The van der Waals surface area contributed by atoms with Crippen LogP contribution < -0.4 is 14.2 Å². The molecule has 0 saturated carbocycles. The first-order chi connectivity index (χ1) is 14.1. The first-order valence-corrected chi connectivity index (χ1v) is 10.0. The summed E-state index contributed by atoms with van der Waals surface area (Å²) < 4.78 is 16.9. The Bertz CT molecular complexity index is 988. The van der Waals surface area contributed by atoms with Crippen molar-refractivity contribution in [3.05, 3.63) is 82.4 Å². The van der Waals surface area contributed by atoms with Gasteiger partial charge in [0.15, 0.2) is 11.5 Å². The van der Waals surface area contributed by atoms with Crippen LogP contribution in [0.4, 0.5) is 0 Å². The standard InChI is InChI=1S/C24H24ClNO3/c1-27-23-13-18-10-11-26(16-19(18)14-24(23)28-2)15-17-4-3-5-22(12-17)29-21-8-6-20(25)7-9-21/h3-9,12-14H,10-11,15-16H2,1-2H3. The Hall–Kier alpha value is -2.69. The van der Waals surface area contributed by atoms with Crippen LogP contribution in [0.15, 0.2) is 60.7 Å². The molecule has 0 fully saturated rings. The first-order valence-electron chi connectivity index (χ1n) is 9.63. The van der Waals surface area contributed by atoms with Crippen LogP contribution in [0.1, 0.15) is 16.7 Å². The van der Waals surface area contributed by atoms with Gasteiger partial charge in [-0.1, -0.05) is 23.7 Å². The number of nitrogens with zero attached hydrogens (tertiary/aromatic N) is 1. The van der Waals surface area contributed by atoms with E-state index in [1.54, 1.807) is 14.2 Å². The first kappa shape index (κ1) is 19.6. The third-order valence-corrected chi connectivity index (χ3v) is 5.40. The lowest BCUT2D eigenvalue weighted by molar-refractivity contribution is 0.244.